The number of rotatable bonds is 6. The highest BCUT2D eigenvalue weighted by Crippen LogP contribution is 2.29. The highest BCUT2D eigenvalue weighted by Gasteiger charge is 2.18. The van der Waals surface area contributed by atoms with E-state index in [0.29, 0.717) is 22.6 Å². The summed E-state index contributed by atoms with van der Waals surface area (Å²) in [6, 6.07) is 13.3. The number of benzene rings is 2. The number of hydrogen-bond acceptors (Lipinski definition) is 5. The third kappa shape index (κ3) is 4.53. The van der Waals surface area contributed by atoms with Crippen LogP contribution in [0.25, 0.3) is 0 Å². The minimum absolute atomic E-state index is 0.0581. The molecule has 2 N–H and O–H groups in total. The van der Waals surface area contributed by atoms with Crippen LogP contribution in [0.4, 0.5) is 17.1 Å². The van der Waals surface area contributed by atoms with E-state index in [2.05, 4.69) is 38.3 Å². The van der Waals surface area contributed by atoms with Crippen molar-refractivity contribution in [2.24, 2.45) is 5.92 Å². The molecule has 7 heteroatoms. The fourth-order valence-corrected chi connectivity index (χ4v) is 3.55. The molecule has 0 spiro atoms. The first-order valence-corrected chi connectivity index (χ1v) is 9.48. The lowest BCUT2D eigenvalue weighted by atomic mass is 9.97. The van der Waals surface area contributed by atoms with Crippen LogP contribution in [0.5, 0.6) is 0 Å². The van der Waals surface area contributed by atoms with E-state index >= 15 is 0 Å². The zero-order valence-corrected chi connectivity index (χ0v) is 16.0. The van der Waals surface area contributed by atoms with Crippen molar-refractivity contribution in [3.05, 3.63) is 62.6 Å². The monoisotopic (exact) mass is 419 g/mol. The number of aliphatic hydroxyl groups is 1. The van der Waals surface area contributed by atoms with Crippen molar-refractivity contribution in [1.82, 2.24) is 0 Å². The lowest BCUT2D eigenvalue weighted by Crippen LogP contribution is -2.34. The van der Waals surface area contributed by atoms with Crippen molar-refractivity contribution in [2.75, 3.05) is 29.9 Å². The van der Waals surface area contributed by atoms with Crippen LogP contribution in [0.3, 0.4) is 0 Å². The van der Waals surface area contributed by atoms with E-state index in [0.717, 1.165) is 31.5 Å². The topological polar surface area (TPSA) is 78.6 Å². The number of nitro groups is 1. The predicted molar refractivity (Wildman–Crippen MR) is 107 cm³/mol. The second kappa shape index (κ2) is 8.51. The summed E-state index contributed by atoms with van der Waals surface area (Å²) >= 11 is 3.26. The number of nitrogens with zero attached hydrogens (tertiary/aromatic N) is 2. The Hall–Kier alpha value is -2.12. The van der Waals surface area contributed by atoms with Gasteiger partial charge in [-0.25, -0.2) is 0 Å². The quantitative estimate of drug-likeness (QED) is 0.542. The molecule has 26 heavy (non-hydrogen) atoms. The number of nitrogens with one attached hydrogen (secondary N) is 1. The standard InChI is InChI=1S/C19H22BrN3O3/c20-16-3-6-18(19(11-16)23(25)26)21-12-14-1-4-17(5-2-14)22-9-7-15(13-24)8-10-22/h1-6,11,15,21,24H,7-10,12-13H2. The summed E-state index contributed by atoms with van der Waals surface area (Å²) < 4.78 is 0.684. The van der Waals surface area contributed by atoms with Crippen molar-refractivity contribution in [1.29, 1.82) is 0 Å². The van der Waals surface area contributed by atoms with Gasteiger partial charge in [-0.05, 0) is 48.6 Å². The number of halogens is 1. The minimum Gasteiger partial charge on any atom is -0.396 e. The van der Waals surface area contributed by atoms with Crippen LogP contribution in [0, 0.1) is 16.0 Å². The highest BCUT2D eigenvalue weighted by molar-refractivity contribution is 9.10. The van der Waals surface area contributed by atoms with Crippen LogP contribution in [0.2, 0.25) is 0 Å². The van der Waals surface area contributed by atoms with Crippen molar-refractivity contribution in [2.45, 2.75) is 19.4 Å². The van der Waals surface area contributed by atoms with E-state index in [1.165, 1.54) is 11.8 Å². The first-order chi connectivity index (χ1) is 12.6. The lowest BCUT2D eigenvalue weighted by molar-refractivity contribution is -0.384. The third-order valence-corrected chi connectivity index (χ3v) is 5.31. The summed E-state index contributed by atoms with van der Waals surface area (Å²) in [6.45, 7) is 2.73. The van der Waals surface area contributed by atoms with Crippen LogP contribution in [-0.2, 0) is 6.54 Å². The van der Waals surface area contributed by atoms with Crippen LogP contribution in [0.15, 0.2) is 46.9 Å². The van der Waals surface area contributed by atoms with Gasteiger partial charge in [0.05, 0.1) is 4.92 Å². The van der Waals surface area contributed by atoms with Gasteiger partial charge in [0.25, 0.3) is 5.69 Å². The maximum atomic E-state index is 11.2. The molecule has 1 saturated heterocycles. The molecule has 0 atom stereocenters. The van der Waals surface area contributed by atoms with E-state index < -0.39 is 0 Å². The Morgan fingerprint density at radius 3 is 2.50 bits per heavy atom. The maximum Gasteiger partial charge on any atom is 0.293 e. The molecule has 1 heterocycles. The molecule has 0 bridgehead atoms. The normalized spacial score (nSPS) is 15.1. The van der Waals surface area contributed by atoms with Gasteiger partial charge in [-0.3, -0.25) is 10.1 Å². The fraction of sp³-hybridized carbons (Fsp3) is 0.368. The molecule has 1 fully saturated rings. The van der Waals surface area contributed by atoms with Gasteiger partial charge in [0, 0.05) is 42.5 Å². The van der Waals surface area contributed by atoms with Gasteiger partial charge in [0.2, 0.25) is 0 Å². The second-order valence-electron chi connectivity index (χ2n) is 6.55. The van der Waals surface area contributed by atoms with E-state index in [1.807, 2.05) is 12.1 Å². The van der Waals surface area contributed by atoms with Gasteiger partial charge in [-0.2, -0.15) is 0 Å². The first-order valence-electron chi connectivity index (χ1n) is 8.69. The Balaban J connectivity index is 1.61. The number of piperidine rings is 1. The Labute approximate surface area is 161 Å². The molecule has 138 valence electrons. The van der Waals surface area contributed by atoms with Crippen molar-refractivity contribution < 1.29 is 10.0 Å². The molecular formula is C19H22BrN3O3. The Morgan fingerprint density at radius 2 is 1.88 bits per heavy atom. The molecule has 1 aliphatic rings. The molecule has 1 aliphatic heterocycles. The third-order valence-electron chi connectivity index (χ3n) is 4.81. The molecule has 0 aliphatic carbocycles. The van der Waals surface area contributed by atoms with Crippen molar-refractivity contribution in [3.8, 4) is 0 Å². The van der Waals surface area contributed by atoms with Crippen LogP contribution in [0.1, 0.15) is 18.4 Å². The van der Waals surface area contributed by atoms with Gasteiger partial charge in [0.15, 0.2) is 0 Å². The maximum absolute atomic E-state index is 11.2. The summed E-state index contributed by atoms with van der Waals surface area (Å²) in [5.74, 6) is 0.427. The minimum atomic E-state index is -0.383. The molecule has 0 aromatic heterocycles. The average Bonchev–Trinajstić information content (AvgIpc) is 2.67. The van der Waals surface area contributed by atoms with E-state index in [-0.39, 0.29) is 17.2 Å². The van der Waals surface area contributed by atoms with Gasteiger partial charge >= 0.3 is 0 Å². The summed E-state index contributed by atoms with van der Waals surface area (Å²) in [4.78, 5) is 13.1. The van der Waals surface area contributed by atoms with Crippen LogP contribution >= 0.6 is 15.9 Å². The smallest absolute Gasteiger partial charge is 0.293 e. The average molecular weight is 420 g/mol. The number of aliphatic hydroxyl groups excluding tert-OH is 1. The first kappa shape index (κ1) is 18.7. The van der Waals surface area contributed by atoms with Crippen LogP contribution in [-0.4, -0.2) is 29.7 Å². The number of hydrogen-bond donors (Lipinski definition) is 2. The van der Waals surface area contributed by atoms with Gasteiger partial charge in [0.1, 0.15) is 5.69 Å². The van der Waals surface area contributed by atoms with E-state index in [1.54, 1.807) is 12.1 Å². The van der Waals surface area contributed by atoms with Gasteiger partial charge in [-0.15, -0.1) is 0 Å². The molecule has 0 saturated carbocycles. The molecule has 3 rings (SSSR count). The number of nitro benzene ring substituents is 1. The molecule has 2 aromatic carbocycles. The molecule has 2 aromatic rings. The summed E-state index contributed by atoms with van der Waals surface area (Å²) in [7, 11) is 0. The predicted octanol–water partition coefficient (Wildman–Crippen LogP) is 4.18. The van der Waals surface area contributed by atoms with Crippen molar-refractivity contribution in [3.63, 3.8) is 0 Å². The Bertz CT molecular complexity index is 759. The fourth-order valence-electron chi connectivity index (χ4n) is 3.20. The Kier molecular flexibility index (Phi) is 6.11. The second-order valence-corrected chi connectivity index (χ2v) is 7.47. The SMILES string of the molecule is O=[N+]([O-])c1cc(Br)ccc1NCc1ccc(N2CCC(CO)CC2)cc1. The molecule has 0 unspecified atom stereocenters. The summed E-state index contributed by atoms with van der Waals surface area (Å²) in [5, 5.41) is 23.6. The van der Waals surface area contributed by atoms with E-state index in [9.17, 15) is 15.2 Å². The zero-order chi connectivity index (χ0) is 18.5. The van der Waals surface area contributed by atoms with Crippen molar-refractivity contribution >= 4 is 33.0 Å². The molecule has 0 radical (unpaired) electrons. The lowest BCUT2D eigenvalue weighted by Gasteiger charge is -2.33. The van der Waals surface area contributed by atoms with Crippen LogP contribution < -0.4 is 10.2 Å². The number of anilines is 2. The highest BCUT2D eigenvalue weighted by atomic mass is 79.9. The Morgan fingerprint density at radius 1 is 1.19 bits per heavy atom. The van der Waals surface area contributed by atoms with Gasteiger partial charge in [-0.1, -0.05) is 28.1 Å². The summed E-state index contributed by atoms with van der Waals surface area (Å²) in [5.41, 5.74) is 2.81. The van der Waals surface area contributed by atoms with Gasteiger partial charge < -0.3 is 15.3 Å². The molecular weight excluding hydrogens is 398 g/mol. The zero-order valence-electron chi connectivity index (χ0n) is 14.4. The molecule has 0 amide bonds. The summed E-state index contributed by atoms with van der Waals surface area (Å²) in [6.07, 6.45) is 2.04. The largest absolute Gasteiger partial charge is 0.396 e. The molecule has 6 nitrogen and oxygen atoms in total. The van der Waals surface area contributed by atoms with E-state index in [4.69, 9.17) is 0 Å².